The van der Waals surface area contributed by atoms with Gasteiger partial charge in [0, 0.05) is 5.92 Å². The molecule has 2 saturated carbocycles. The summed E-state index contributed by atoms with van der Waals surface area (Å²) < 4.78 is 9.93. The Morgan fingerprint density at radius 1 is 1.27 bits per heavy atom. The summed E-state index contributed by atoms with van der Waals surface area (Å²) in [4.78, 5) is 16.2. The van der Waals surface area contributed by atoms with E-state index in [1.54, 1.807) is 6.92 Å². The van der Waals surface area contributed by atoms with E-state index in [2.05, 4.69) is 28.4 Å². The molecule has 5 nitrogen and oxygen atoms in total. The largest absolute Gasteiger partial charge is 0.399 e. The van der Waals surface area contributed by atoms with Gasteiger partial charge in [-0.3, -0.25) is 4.79 Å². The second kappa shape index (κ2) is 7.15. The van der Waals surface area contributed by atoms with Crippen molar-refractivity contribution in [2.75, 3.05) is 0 Å². The van der Waals surface area contributed by atoms with Crippen molar-refractivity contribution in [1.29, 1.82) is 0 Å². The van der Waals surface area contributed by atoms with Gasteiger partial charge in [0.05, 0.1) is 0 Å². The van der Waals surface area contributed by atoms with E-state index in [9.17, 15) is 4.79 Å². The molecule has 6 heteroatoms. The topological polar surface area (TPSA) is 70.8 Å². The Hall–Kier alpha value is -1.08. The minimum absolute atomic E-state index is 0.212. The van der Waals surface area contributed by atoms with Gasteiger partial charge in [-0.15, -0.1) is 9.32 Å². The number of carbonyl (C=O) groups excluding carboxylic acids is 1. The molecular weight excluding hydrogens is 350 g/mol. The second-order valence-electron chi connectivity index (χ2n) is 8.38. The lowest BCUT2D eigenvalue weighted by Crippen LogP contribution is -2.43. The quantitative estimate of drug-likeness (QED) is 0.352. The third-order valence-electron chi connectivity index (χ3n) is 7.39. The maximum Gasteiger partial charge on any atom is 0.260 e. The van der Waals surface area contributed by atoms with E-state index in [0.717, 1.165) is 25.0 Å². The van der Waals surface area contributed by atoms with E-state index in [4.69, 9.17) is 10.1 Å². The van der Waals surface area contributed by atoms with Crippen LogP contribution in [0.4, 0.5) is 0 Å². The van der Waals surface area contributed by atoms with Crippen LogP contribution in [0.3, 0.4) is 0 Å². The van der Waals surface area contributed by atoms with Crippen LogP contribution < -0.4 is 10.1 Å². The minimum atomic E-state index is 0.212. The van der Waals surface area contributed by atoms with E-state index < -0.39 is 0 Å². The number of fused-ring (bicyclic) bond motifs is 5. The van der Waals surface area contributed by atoms with Gasteiger partial charge in [0.25, 0.3) is 12.3 Å². The normalized spacial score (nSPS) is 35.3. The molecule has 5 unspecified atom stereocenters. The van der Waals surface area contributed by atoms with Crippen molar-refractivity contribution in [3.63, 3.8) is 0 Å². The predicted octanol–water partition coefficient (Wildman–Crippen LogP) is 4.51. The van der Waals surface area contributed by atoms with Gasteiger partial charge in [-0.1, -0.05) is 13.0 Å². The maximum absolute atomic E-state index is 12.2. The SMILES string of the molecule is CC(=O)C1CCC2C3CCc4cc(OSOON)ccc4C3CCC12C. The number of hydrogen-bond acceptors (Lipinski definition) is 6. The van der Waals surface area contributed by atoms with E-state index >= 15 is 0 Å². The molecular formula is C20H27NO4S. The number of nitrogens with two attached hydrogens (primary N) is 1. The molecule has 0 radical (unpaired) electrons. The van der Waals surface area contributed by atoms with Crippen molar-refractivity contribution >= 4 is 18.1 Å². The molecule has 0 bridgehead atoms. The summed E-state index contributed by atoms with van der Waals surface area (Å²) in [5.41, 5.74) is 3.06. The standard InChI is InChI=1S/C20H27NO4S/c1-12(22)18-7-8-19-17-5-3-13-11-14(23-26-25-24-21)4-6-15(13)16(17)9-10-20(18,19)2/h4,6,11,16-19H,3,5,7-10,21H2,1-2H3. The molecule has 1 aromatic rings. The molecule has 1 aromatic carbocycles. The number of Topliss-reactive ketones (excluding diaryl/α,β-unsaturated/α-hetero) is 1. The van der Waals surface area contributed by atoms with Crippen molar-refractivity contribution in [3.8, 4) is 5.75 Å². The first-order valence-corrected chi connectivity index (χ1v) is 10.2. The first-order chi connectivity index (χ1) is 12.5. The van der Waals surface area contributed by atoms with Crippen LogP contribution in [-0.4, -0.2) is 5.78 Å². The van der Waals surface area contributed by atoms with Crippen molar-refractivity contribution in [2.24, 2.45) is 29.1 Å². The summed E-state index contributed by atoms with van der Waals surface area (Å²) in [5, 5.41) is 0. The Bertz CT molecular complexity index is 696. The van der Waals surface area contributed by atoms with Crippen molar-refractivity contribution in [2.45, 2.75) is 58.3 Å². The van der Waals surface area contributed by atoms with Crippen molar-refractivity contribution in [1.82, 2.24) is 0 Å². The number of hydrogen-bond donors (Lipinski definition) is 1. The van der Waals surface area contributed by atoms with E-state index in [-0.39, 0.29) is 11.3 Å². The molecule has 0 heterocycles. The lowest BCUT2D eigenvalue weighted by atomic mass is 9.54. The molecule has 5 atom stereocenters. The molecule has 3 aliphatic rings. The third-order valence-corrected chi connectivity index (χ3v) is 7.78. The van der Waals surface area contributed by atoms with E-state index in [0.29, 0.717) is 35.9 Å². The van der Waals surface area contributed by atoms with Crippen LogP contribution in [0.15, 0.2) is 18.2 Å². The average molecular weight is 378 g/mol. The average Bonchev–Trinajstić information content (AvgIpc) is 2.99. The molecule has 0 aliphatic heterocycles. The number of carbonyl (C=O) groups is 1. The highest BCUT2D eigenvalue weighted by atomic mass is 32.2. The van der Waals surface area contributed by atoms with Crippen molar-refractivity contribution in [3.05, 3.63) is 29.3 Å². The summed E-state index contributed by atoms with van der Waals surface area (Å²) in [6, 6.07) is 6.32. The lowest BCUT2D eigenvalue weighted by Gasteiger charge is -2.50. The predicted molar refractivity (Wildman–Crippen MR) is 99.8 cm³/mol. The smallest absolute Gasteiger partial charge is 0.260 e. The fourth-order valence-corrected chi connectivity index (χ4v) is 6.59. The Kier molecular flexibility index (Phi) is 5.03. The fraction of sp³-hybridized carbons (Fsp3) is 0.650. The Balaban J connectivity index is 1.55. The number of rotatable bonds is 5. The summed E-state index contributed by atoms with van der Waals surface area (Å²) in [7, 11) is 0. The molecule has 0 amide bonds. The van der Waals surface area contributed by atoms with Crippen molar-refractivity contribution < 1.29 is 18.3 Å². The van der Waals surface area contributed by atoms with Gasteiger partial charge < -0.3 is 4.18 Å². The van der Waals surface area contributed by atoms with Crippen LogP contribution >= 0.6 is 12.3 Å². The zero-order chi connectivity index (χ0) is 18.3. The summed E-state index contributed by atoms with van der Waals surface area (Å²) in [5.74, 6) is 8.25. The maximum atomic E-state index is 12.2. The molecule has 2 fully saturated rings. The summed E-state index contributed by atoms with van der Waals surface area (Å²) in [6.07, 6.45) is 6.93. The lowest BCUT2D eigenvalue weighted by molar-refractivity contribution is -0.199. The van der Waals surface area contributed by atoms with Gasteiger partial charge in [-0.25, -0.2) is 0 Å². The Morgan fingerprint density at radius 3 is 2.88 bits per heavy atom. The molecule has 0 spiro atoms. The molecule has 0 saturated heterocycles. The van der Waals surface area contributed by atoms with Gasteiger partial charge in [-0.05, 0) is 91.9 Å². The molecule has 3 aliphatic carbocycles. The summed E-state index contributed by atoms with van der Waals surface area (Å²) in [6.45, 7) is 4.18. The number of aryl methyl sites for hydroxylation is 1. The highest BCUT2D eigenvalue weighted by molar-refractivity contribution is 7.90. The molecule has 0 aromatic heterocycles. The van der Waals surface area contributed by atoms with Gasteiger partial charge in [-0.2, -0.15) is 5.90 Å². The molecule has 142 valence electrons. The van der Waals surface area contributed by atoms with E-state index in [1.165, 1.54) is 30.4 Å². The highest BCUT2D eigenvalue weighted by Gasteiger charge is 2.55. The van der Waals surface area contributed by atoms with Crippen LogP contribution in [0.25, 0.3) is 0 Å². The third kappa shape index (κ3) is 2.97. The van der Waals surface area contributed by atoms with Gasteiger partial charge in [0.2, 0.25) is 0 Å². The molecule has 4 rings (SSSR count). The monoisotopic (exact) mass is 377 g/mol. The van der Waals surface area contributed by atoms with Gasteiger partial charge in [0.1, 0.15) is 11.5 Å². The minimum Gasteiger partial charge on any atom is -0.399 e. The van der Waals surface area contributed by atoms with Gasteiger partial charge in [0.15, 0.2) is 0 Å². The molecule has 2 N–H and O–H groups in total. The highest BCUT2D eigenvalue weighted by Crippen LogP contribution is 2.63. The van der Waals surface area contributed by atoms with Crippen LogP contribution in [-0.2, 0) is 20.5 Å². The van der Waals surface area contributed by atoms with Gasteiger partial charge >= 0.3 is 0 Å². The van der Waals surface area contributed by atoms with Crippen LogP contribution in [0.5, 0.6) is 5.75 Å². The van der Waals surface area contributed by atoms with Crippen LogP contribution in [0, 0.1) is 23.2 Å². The first-order valence-electron chi connectivity index (χ1n) is 9.54. The number of benzene rings is 1. The Labute approximate surface area is 159 Å². The molecule has 26 heavy (non-hydrogen) atoms. The van der Waals surface area contributed by atoms with Crippen LogP contribution in [0.1, 0.15) is 63.0 Å². The Morgan fingerprint density at radius 2 is 2.12 bits per heavy atom. The summed E-state index contributed by atoms with van der Waals surface area (Å²) >= 11 is 0.716. The van der Waals surface area contributed by atoms with E-state index in [1.807, 2.05) is 6.07 Å². The second-order valence-corrected chi connectivity index (χ2v) is 8.82. The number of ketones is 1. The fourth-order valence-electron chi connectivity index (χ4n) is 6.35. The first kappa shape index (κ1) is 18.3. The zero-order valence-corrected chi connectivity index (χ0v) is 16.2. The zero-order valence-electron chi connectivity index (χ0n) is 15.4. The van der Waals surface area contributed by atoms with Crippen LogP contribution in [0.2, 0.25) is 0 Å².